The van der Waals surface area contributed by atoms with E-state index in [-0.39, 0.29) is 5.75 Å². The zero-order valence-electron chi connectivity index (χ0n) is 10.3. The number of phenolic OH excluding ortho intramolecular Hbond substituents is 1. The minimum Gasteiger partial charge on any atom is -0.504 e. The Hall–Kier alpha value is -1.52. The maximum Gasteiger partial charge on any atom is 0.161 e. The van der Waals surface area contributed by atoms with Crippen LogP contribution in [0.15, 0.2) is 48.5 Å². The molecule has 1 unspecified atom stereocenters. The predicted octanol–water partition coefficient (Wildman–Crippen LogP) is 3.40. The average molecular weight is 323 g/mol. The third-order valence-corrected chi connectivity index (χ3v) is 3.36. The molecule has 1 atom stereocenters. The van der Waals surface area contributed by atoms with Crippen molar-refractivity contribution >= 4 is 15.9 Å². The molecule has 4 heteroatoms. The van der Waals surface area contributed by atoms with E-state index >= 15 is 0 Å². The van der Waals surface area contributed by atoms with Crippen molar-refractivity contribution in [3.8, 4) is 11.5 Å². The summed E-state index contributed by atoms with van der Waals surface area (Å²) in [4.78, 5) is 0. The van der Waals surface area contributed by atoms with Crippen LogP contribution in [0, 0.1) is 0 Å². The Bertz CT molecular complexity index is 528. The molecular formula is C15H15BrO3. The quantitative estimate of drug-likeness (QED) is 0.829. The molecule has 3 nitrogen and oxygen atoms in total. The molecule has 0 heterocycles. The molecule has 0 aliphatic carbocycles. The van der Waals surface area contributed by atoms with Crippen molar-refractivity contribution in [2.24, 2.45) is 0 Å². The number of hydrogen-bond donors (Lipinski definition) is 2. The fourth-order valence-electron chi connectivity index (χ4n) is 1.69. The van der Waals surface area contributed by atoms with E-state index in [0.717, 1.165) is 5.56 Å². The lowest BCUT2D eigenvalue weighted by atomic mass is 10.1. The highest BCUT2D eigenvalue weighted by Gasteiger charge is 2.09. The summed E-state index contributed by atoms with van der Waals surface area (Å²) in [6.07, 6.45) is -0.630. The summed E-state index contributed by atoms with van der Waals surface area (Å²) >= 11 is 3.19. The number of halogens is 1. The number of aliphatic hydroxyl groups excluding tert-OH is 1. The maximum atomic E-state index is 9.86. The molecular weight excluding hydrogens is 308 g/mol. The van der Waals surface area contributed by atoms with E-state index in [2.05, 4.69) is 15.9 Å². The normalized spacial score (nSPS) is 12.1. The van der Waals surface area contributed by atoms with Crippen molar-refractivity contribution in [2.75, 3.05) is 5.33 Å². The van der Waals surface area contributed by atoms with Gasteiger partial charge >= 0.3 is 0 Å². The Morgan fingerprint density at radius 1 is 1.11 bits per heavy atom. The fourth-order valence-corrected chi connectivity index (χ4v) is 2.06. The first-order valence-corrected chi connectivity index (χ1v) is 7.06. The third-order valence-electron chi connectivity index (χ3n) is 2.75. The second-order valence-electron chi connectivity index (χ2n) is 4.17. The first-order valence-electron chi connectivity index (χ1n) is 5.94. The van der Waals surface area contributed by atoms with Crippen molar-refractivity contribution in [2.45, 2.75) is 12.7 Å². The standard InChI is InChI=1S/C15H15BrO3/c16-9-14(18)12-6-7-15(13(17)8-12)19-10-11-4-2-1-3-5-11/h1-8,14,17-18H,9-10H2. The summed E-state index contributed by atoms with van der Waals surface area (Å²) in [5, 5.41) is 19.9. The molecule has 2 rings (SSSR count). The number of benzene rings is 2. The molecule has 0 aromatic heterocycles. The number of aliphatic hydroxyl groups is 1. The summed E-state index contributed by atoms with van der Waals surface area (Å²) in [6, 6.07) is 14.7. The second kappa shape index (κ2) is 6.59. The molecule has 0 aliphatic rings. The van der Waals surface area contributed by atoms with Gasteiger partial charge in [-0.1, -0.05) is 52.3 Å². The molecule has 0 saturated carbocycles. The minimum absolute atomic E-state index is 0.0356. The number of rotatable bonds is 5. The first kappa shape index (κ1) is 13.9. The third kappa shape index (κ3) is 3.72. The predicted molar refractivity (Wildman–Crippen MR) is 77.6 cm³/mol. The Balaban J connectivity index is 2.05. The minimum atomic E-state index is -0.630. The lowest BCUT2D eigenvalue weighted by Crippen LogP contribution is -1.99. The molecule has 0 aliphatic heterocycles. The van der Waals surface area contributed by atoms with Gasteiger partial charge in [-0.15, -0.1) is 0 Å². The van der Waals surface area contributed by atoms with Crippen LogP contribution in [0.5, 0.6) is 11.5 Å². The molecule has 0 amide bonds. The SMILES string of the molecule is Oc1cc(C(O)CBr)ccc1OCc1ccccc1. The zero-order chi connectivity index (χ0) is 13.7. The van der Waals surface area contributed by atoms with Crippen molar-refractivity contribution < 1.29 is 14.9 Å². The van der Waals surface area contributed by atoms with Gasteiger partial charge in [0.2, 0.25) is 0 Å². The van der Waals surface area contributed by atoms with Crippen molar-refractivity contribution in [3.63, 3.8) is 0 Å². The largest absolute Gasteiger partial charge is 0.504 e. The van der Waals surface area contributed by atoms with Gasteiger partial charge in [-0.2, -0.15) is 0 Å². The molecule has 19 heavy (non-hydrogen) atoms. The maximum absolute atomic E-state index is 9.86. The van der Waals surface area contributed by atoms with E-state index in [1.54, 1.807) is 12.1 Å². The smallest absolute Gasteiger partial charge is 0.161 e. The van der Waals surface area contributed by atoms with E-state index < -0.39 is 6.10 Å². The highest BCUT2D eigenvalue weighted by molar-refractivity contribution is 9.09. The molecule has 0 radical (unpaired) electrons. The molecule has 2 aromatic rings. The van der Waals surface area contributed by atoms with Crippen LogP contribution in [0.1, 0.15) is 17.2 Å². The zero-order valence-corrected chi connectivity index (χ0v) is 11.9. The van der Waals surface area contributed by atoms with Crippen LogP contribution in [0.2, 0.25) is 0 Å². The number of hydrogen-bond acceptors (Lipinski definition) is 3. The van der Waals surface area contributed by atoms with Crippen LogP contribution >= 0.6 is 15.9 Å². The van der Waals surface area contributed by atoms with Crippen LogP contribution in [0.25, 0.3) is 0 Å². The second-order valence-corrected chi connectivity index (χ2v) is 4.82. The van der Waals surface area contributed by atoms with Crippen molar-refractivity contribution in [1.82, 2.24) is 0 Å². The van der Waals surface area contributed by atoms with E-state index in [1.165, 1.54) is 6.07 Å². The number of aromatic hydroxyl groups is 1. The Labute approximate surface area is 120 Å². The molecule has 100 valence electrons. The van der Waals surface area contributed by atoms with Gasteiger partial charge < -0.3 is 14.9 Å². The van der Waals surface area contributed by atoms with Gasteiger partial charge in [-0.3, -0.25) is 0 Å². The van der Waals surface area contributed by atoms with Crippen molar-refractivity contribution in [3.05, 3.63) is 59.7 Å². The van der Waals surface area contributed by atoms with Crippen LogP contribution in [-0.4, -0.2) is 15.5 Å². The summed E-state index contributed by atoms with van der Waals surface area (Å²) in [7, 11) is 0. The van der Waals surface area contributed by atoms with E-state index in [4.69, 9.17) is 4.74 Å². The van der Waals surface area contributed by atoms with Gasteiger partial charge in [0, 0.05) is 5.33 Å². The number of ether oxygens (including phenoxy) is 1. The van der Waals surface area contributed by atoms with Gasteiger partial charge in [-0.25, -0.2) is 0 Å². The molecule has 2 aromatic carbocycles. The molecule has 2 N–H and O–H groups in total. The van der Waals surface area contributed by atoms with Crippen LogP contribution in [0.3, 0.4) is 0 Å². The topological polar surface area (TPSA) is 49.7 Å². The van der Waals surface area contributed by atoms with Crippen molar-refractivity contribution in [1.29, 1.82) is 0 Å². The summed E-state index contributed by atoms with van der Waals surface area (Å²) in [6.45, 7) is 0.398. The van der Waals surface area contributed by atoms with E-state index in [0.29, 0.717) is 23.2 Å². The molecule has 0 saturated heterocycles. The Kier molecular flexibility index (Phi) is 4.82. The highest BCUT2D eigenvalue weighted by atomic mass is 79.9. The van der Waals surface area contributed by atoms with Crippen LogP contribution in [0.4, 0.5) is 0 Å². The van der Waals surface area contributed by atoms with Gasteiger partial charge in [0.1, 0.15) is 6.61 Å². The van der Waals surface area contributed by atoms with Gasteiger partial charge in [0.05, 0.1) is 6.10 Å². The van der Waals surface area contributed by atoms with Gasteiger partial charge in [0.25, 0.3) is 0 Å². The first-order chi connectivity index (χ1) is 9.20. The van der Waals surface area contributed by atoms with E-state index in [9.17, 15) is 10.2 Å². The monoisotopic (exact) mass is 322 g/mol. The highest BCUT2D eigenvalue weighted by Crippen LogP contribution is 2.30. The average Bonchev–Trinajstić information content (AvgIpc) is 2.46. The fraction of sp³-hybridized carbons (Fsp3) is 0.200. The van der Waals surface area contributed by atoms with Gasteiger partial charge in [-0.05, 0) is 23.3 Å². The molecule has 0 bridgehead atoms. The Morgan fingerprint density at radius 2 is 1.84 bits per heavy atom. The van der Waals surface area contributed by atoms with E-state index in [1.807, 2.05) is 30.3 Å². The number of alkyl halides is 1. The summed E-state index contributed by atoms with van der Waals surface area (Å²) in [5.41, 5.74) is 1.69. The van der Waals surface area contributed by atoms with Crippen LogP contribution in [-0.2, 0) is 6.61 Å². The number of phenols is 1. The summed E-state index contributed by atoms with van der Waals surface area (Å²) in [5.74, 6) is 0.447. The molecule has 0 fully saturated rings. The Morgan fingerprint density at radius 3 is 2.47 bits per heavy atom. The van der Waals surface area contributed by atoms with Gasteiger partial charge in [0.15, 0.2) is 11.5 Å². The lowest BCUT2D eigenvalue weighted by molar-refractivity contribution is 0.204. The van der Waals surface area contributed by atoms with Crippen LogP contribution < -0.4 is 4.74 Å². The summed E-state index contributed by atoms with van der Waals surface area (Å²) < 4.78 is 5.55. The molecule has 0 spiro atoms. The lowest BCUT2D eigenvalue weighted by Gasteiger charge is -2.11.